The molecular weight excluding hydrogens is 1760 g/mol. The van der Waals surface area contributed by atoms with Gasteiger partial charge < -0.3 is 18.6 Å². The molecule has 0 atom stereocenters. The normalized spacial score (nSPS) is 13.0. The molecule has 25 aromatic rings. The third-order valence-corrected chi connectivity index (χ3v) is 31.0. The SMILES string of the molecule is CC1(C)c2ccc(-c3ccccc3)nc2-c2c(cc(-c3ccccc3)c3occc23)-c2ccc(-c3ccccc3)nc21.c1cc(-c2ccc3ncccc3c2)cc(N2c3ccc(-c4ccc5c(c4)C4(c6ccccc6-c6ccccc64)c4ccccc4-5)cc3-c3ccccc3-c3cc4sccc4cc32)c1.c1ccc(-c2ccc3ccc4ccc(N5c6ccccc6-c6ccccc6-c6occc65)cc4c3c2)cc1. The molecule has 3 aliphatic carbocycles. The van der Waals surface area contributed by atoms with Gasteiger partial charge >= 0.3 is 0 Å². The van der Waals surface area contributed by atoms with Gasteiger partial charge in [-0.15, -0.1) is 11.3 Å². The van der Waals surface area contributed by atoms with E-state index in [1.165, 1.54) is 149 Å². The van der Waals surface area contributed by atoms with E-state index in [9.17, 15) is 0 Å². The first-order chi connectivity index (χ1) is 70.7. The van der Waals surface area contributed by atoms with Gasteiger partial charge in [0.2, 0.25) is 0 Å². The molecule has 670 valence electrons. The fraction of sp³-hybridized carbons (Fsp3) is 0.0296. The van der Waals surface area contributed by atoms with Crippen molar-refractivity contribution in [3.8, 4) is 156 Å². The van der Waals surface area contributed by atoms with E-state index in [1.54, 1.807) is 23.9 Å². The number of fused-ring (bicyclic) bond motifs is 32. The third kappa shape index (κ3) is 13.4. The lowest BCUT2D eigenvalue weighted by Gasteiger charge is -2.31. The highest BCUT2D eigenvalue weighted by molar-refractivity contribution is 7.17. The lowest BCUT2D eigenvalue weighted by atomic mass is 9.70. The first-order valence-corrected chi connectivity index (χ1v) is 49.8. The Morgan fingerprint density at radius 2 is 0.776 bits per heavy atom. The summed E-state index contributed by atoms with van der Waals surface area (Å²) in [5, 5.41) is 10.6. The highest BCUT2D eigenvalue weighted by Crippen LogP contribution is 2.65. The largest absolute Gasteiger partial charge is 0.464 e. The Morgan fingerprint density at radius 1 is 0.259 bits per heavy atom. The Kier molecular flexibility index (Phi) is 19.3. The molecule has 7 nitrogen and oxygen atoms in total. The molecule has 30 rings (SSSR count). The van der Waals surface area contributed by atoms with Crippen molar-refractivity contribution in [2.45, 2.75) is 24.7 Å². The van der Waals surface area contributed by atoms with E-state index in [1.807, 2.05) is 30.5 Å². The van der Waals surface area contributed by atoms with Crippen LogP contribution in [0.2, 0.25) is 0 Å². The number of hydrogen-bond donors (Lipinski definition) is 0. The average molecular weight is 1840 g/mol. The maximum atomic E-state index is 6.21. The van der Waals surface area contributed by atoms with Crippen LogP contribution >= 0.6 is 11.3 Å². The van der Waals surface area contributed by atoms with Gasteiger partial charge in [0.25, 0.3) is 0 Å². The Hall–Kier alpha value is -18.2. The molecule has 0 fully saturated rings. The maximum Gasteiger partial charge on any atom is 0.158 e. The molecule has 0 amide bonds. The minimum absolute atomic E-state index is 0.398. The third-order valence-electron chi connectivity index (χ3n) is 30.2. The molecule has 5 aliphatic rings. The molecule has 0 radical (unpaired) electrons. The number of benzene rings is 19. The van der Waals surface area contributed by atoms with Gasteiger partial charge in [0.15, 0.2) is 5.76 Å². The smallest absolute Gasteiger partial charge is 0.158 e. The first-order valence-electron chi connectivity index (χ1n) is 48.9. The van der Waals surface area contributed by atoms with Crippen molar-refractivity contribution in [1.29, 1.82) is 0 Å². The van der Waals surface area contributed by atoms with Crippen LogP contribution in [0, 0.1) is 0 Å². The fourth-order valence-corrected chi connectivity index (χ4v) is 24.4. The monoisotopic (exact) mass is 1840 g/mol. The van der Waals surface area contributed by atoms with Gasteiger partial charge in [0, 0.05) is 94.6 Å². The van der Waals surface area contributed by atoms with Crippen molar-refractivity contribution in [2.75, 3.05) is 9.80 Å². The minimum Gasteiger partial charge on any atom is -0.464 e. The molecular formula is C135H87N5O2S. The van der Waals surface area contributed by atoms with Crippen molar-refractivity contribution < 1.29 is 8.83 Å². The van der Waals surface area contributed by atoms with Gasteiger partial charge in [-0.3, -0.25) is 9.97 Å². The predicted octanol–water partition coefficient (Wildman–Crippen LogP) is 36.8. The Bertz CT molecular complexity index is 9420. The average Bonchev–Trinajstić information content (AvgIpc) is 1.50. The molecule has 0 unspecified atom stereocenters. The van der Waals surface area contributed by atoms with Crippen LogP contribution in [0.25, 0.3) is 210 Å². The molecule has 0 N–H and O–H groups in total. The number of hydrogen-bond acceptors (Lipinski definition) is 8. The molecule has 8 heteroatoms. The number of anilines is 6. The van der Waals surface area contributed by atoms with E-state index in [0.717, 1.165) is 129 Å². The molecule has 19 aromatic carbocycles. The van der Waals surface area contributed by atoms with Gasteiger partial charge in [-0.2, -0.15) is 0 Å². The van der Waals surface area contributed by atoms with Crippen LogP contribution in [0.4, 0.5) is 34.1 Å². The summed E-state index contributed by atoms with van der Waals surface area (Å²) in [6.07, 6.45) is 5.45. The number of thiophene rings is 1. The summed E-state index contributed by atoms with van der Waals surface area (Å²) >= 11 is 1.80. The van der Waals surface area contributed by atoms with Gasteiger partial charge in [0.05, 0.1) is 69.0 Å². The molecule has 1 spiro atoms. The van der Waals surface area contributed by atoms with E-state index in [-0.39, 0.29) is 0 Å². The van der Waals surface area contributed by atoms with Crippen molar-refractivity contribution in [3.05, 3.63) is 525 Å². The van der Waals surface area contributed by atoms with Gasteiger partial charge in [-0.1, -0.05) is 360 Å². The zero-order chi connectivity index (χ0) is 94.5. The summed E-state index contributed by atoms with van der Waals surface area (Å²) in [5.41, 5.74) is 46.9. The first kappa shape index (κ1) is 83.0. The van der Waals surface area contributed by atoms with Gasteiger partial charge in [-0.05, 0) is 259 Å². The standard InChI is InChI=1S/C60H36N2S.C39H28N2O.C36H23NO/c1-2-15-45-44(14-1)50-33-39(40-22-25-49-48-18-5-8-21-54(48)60(55(49)34-40)52-19-6-3-16-46(52)47-17-4-7-20-53(47)60)24-27-57(50)62(58-35-42-28-30-63-59(42)36-51(45)58)43-13-9-11-37(32-43)38-23-26-56-41(31-38)12-10-29-61-56;1-39(2)32-19-21-33(26-14-8-4-9-15-26)40-36(32)35-29-22-23-42-37(29)30(25-12-6-3-7-13-25)24-31(35)28-18-20-34(41-38(28)39)27-16-10-5-11-17-27;1-2-8-24(9-3-1)27-17-16-25-14-15-26-18-19-28(23-33(26)32(25)22-27)37-34-13-7-6-11-30(34)29-10-4-5-12-31(29)36-35(37)20-21-38-36/h1-36H;3-24H,1-2H3;1-23H. The Balaban J connectivity index is 0.000000109. The Labute approximate surface area is 832 Å². The zero-order valence-corrected chi connectivity index (χ0v) is 79.0. The van der Waals surface area contributed by atoms with Crippen molar-refractivity contribution >= 4 is 99.0 Å². The second-order valence-corrected chi connectivity index (χ2v) is 39.2. The van der Waals surface area contributed by atoms with E-state index in [0.29, 0.717) is 0 Å². The molecule has 143 heavy (non-hydrogen) atoms. The number of nitrogens with zero attached hydrogens (tertiary/aromatic N) is 5. The van der Waals surface area contributed by atoms with Gasteiger partial charge in [-0.25, -0.2) is 4.98 Å². The zero-order valence-electron chi connectivity index (χ0n) is 78.2. The number of rotatable bonds is 8. The van der Waals surface area contributed by atoms with Crippen LogP contribution in [0.1, 0.15) is 47.4 Å². The Morgan fingerprint density at radius 3 is 1.50 bits per heavy atom. The van der Waals surface area contributed by atoms with Crippen LogP contribution < -0.4 is 9.80 Å². The molecule has 8 heterocycles. The topological polar surface area (TPSA) is 71.4 Å². The van der Waals surface area contributed by atoms with E-state index in [4.69, 9.17) is 18.8 Å². The van der Waals surface area contributed by atoms with Crippen LogP contribution in [0.15, 0.2) is 500 Å². The van der Waals surface area contributed by atoms with Crippen molar-refractivity contribution in [3.63, 3.8) is 0 Å². The summed E-state index contributed by atoms with van der Waals surface area (Å²) in [4.78, 5) is 20.2. The number of para-hydroxylation sites is 1. The van der Waals surface area contributed by atoms with Crippen LogP contribution in [0.5, 0.6) is 0 Å². The van der Waals surface area contributed by atoms with E-state index >= 15 is 0 Å². The van der Waals surface area contributed by atoms with Crippen molar-refractivity contribution in [1.82, 2.24) is 15.0 Å². The van der Waals surface area contributed by atoms with E-state index in [2.05, 4.69) is 477 Å². The molecule has 2 aliphatic heterocycles. The number of pyridine rings is 3. The summed E-state index contributed by atoms with van der Waals surface area (Å²) < 4.78 is 13.6. The predicted molar refractivity (Wildman–Crippen MR) is 593 cm³/mol. The summed E-state index contributed by atoms with van der Waals surface area (Å²) in [6, 6.07) is 170. The van der Waals surface area contributed by atoms with Gasteiger partial charge in [0.1, 0.15) is 5.58 Å². The molecule has 6 aromatic heterocycles. The minimum atomic E-state index is -0.417. The molecule has 0 bridgehead atoms. The fourth-order valence-electron chi connectivity index (χ4n) is 23.5. The van der Waals surface area contributed by atoms with Crippen LogP contribution in [-0.4, -0.2) is 15.0 Å². The van der Waals surface area contributed by atoms with Crippen LogP contribution in [-0.2, 0) is 10.8 Å². The van der Waals surface area contributed by atoms with E-state index < -0.39 is 10.8 Å². The quantitative estimate of drug-likeness (QED) is 0.140. The summed E-state index contributed by atoms with van der Waals surface area (Å²) in [5.74, 6) is 0.890. The summed E-state index contributed by atoms with van der Waals surface area (Å²) in [6.45, 7) is 4.54. The highest BCUT2D eigenvalue weighted by Gasteiger charge is 2.52. The lowest BCUT2D eigenvalue weighted by Crippen LogP contribution is -2.25. The van der Waals surface area contributed by atoms with Crippen LogP contribution in [0.3, 0.4) is 0 Å². The summed E-state index contributed by atoms with van der Waals surface area (Å²) in [7, 11) is 0. The highest BCUT2D eigenvalue weighted by atomic mass is 32.1. The second-order valence-electron chi connectivity index (χ2n) is 38.3. The maximum absolute atomic E-state index is 6.21. The second kappa shape index (κ2) is 33.3. The number of aromatic nitrogens is 3. The van der Waals surface area contributed by atoms with Crippen molar-refractivity contribution in [2.24, 2.45) is 0 Å². The number of furan rings is 2. The molecule has 0 saturated heterocycles. The molecule has 0 saturated carbocycles. The lowest BCUT2D eigenvalue weighted by molar-refractivity contribution is 0.583.